The number of aromatic nitrogens is 4. The second-order valence-electron chi connectivity index (χ2n) is 8.18. The molecular weight excluding hydrogens is 400 g/mol. The maximum absolute atomic E-state index is 13.3. The van der Waals surface area contributed by atoms with Gasteiger partial charge >= 0.3 is 0 Å². The van der Waals surface area contributed by atoms with Gasteiger partial charge in [-0.3, -0.25) is 4.79 Å². The van der Waals surface area contributed by atoms with Crippen LogP contribution in [0.25, 0.3) is 11.0 Å². The molecule has 7 nitrogen and oxygen atoms in total. The standard InChI is InChI=1S/C25H26N6O/c1-30-21-11-6-5-10-20(21)28-23(30)22(18-8-3-2-4-9-18)29-24(32)19-12-16-31(17-13-19)25-26-14-7-15-27-25/h2-11,14-15,19,22H,12-13,16-17H2,1H3,(H,29,32). The maximum atomic E-state index is 13.3. The Morgan fingerprint density at radius 1 is 0.969 bits per heavy atom. The van der Waals surface area contributed by atoms with Crippen molar-refractivity contribution in [3.8, 4) is 0 Å². The zero-order chi connectivity index (χ0) is 21.9. The first-order chi connectivity index (χ1) is 15.7. The van der Waals surface area contributed by atoms with Crippen LogP contribution in [-0.2, 0) is 11.8 Å². The van der Waals surface area contributed by atoms with E-state index in [0.717, 1.165) is 54.3 Å². The summed E-state index contributed by atoms with van der Waals surface area (Å²) in [5.74, 6) is 1.59. The van der Waals surface area contributed by atoms with Gasteiger partial charge in [-0.1, -0.05) is 42.5 Å². The van der Waals surface area contributed by atoms with Crippen LogP contribution >= 0.6 is 0 Å². The number of nitrogens with zero attached hydrogens (tertiary/aromatic N) is 5. The number of rotatable bonds is 5. The molecule has 0 aliphatic carbocycles. The molecule has 0 radical (unpaired) electrons. The number of para-hydroxylation sites is 2. The Labute approximate surface area is 187 Å². The van der Waals surface area contributed by atoms with E-state index in [1.54, 1.807) is 12.4 Å². The molecule has 0 saturated carbocycles. The minimum Gasteiger partial charge on any atom is -0.342 e. The van der Waals surface area contributed by atoms with Crippen molar-refractivity contribution in [2.45, 2.75) is 18.9 Å². The number of nitrogens with one attached hydrogen (secondary N) is 1. The van der Waals surface area contributed by atoms with E-state index in [1.807, 2.05) is 61.6 Å². The number of carbonyl (C=O) groups excluding carboxylic acids is 1. The quantitative estimate of drug-likeness (QED) is 0.529. The molecule has 1 aliphatic rings. The van der Waals surface area contributed by atoms with Crippen molar-refractivity contribution < 1.29 is 4.79 Å². The zero-order valence-corrected chi connectivity index (χ0v) is 18.1. The summed E-state index contributed by atoms with van der Waals surface area (Å²) in [6.07, 6.45) is 5.05. The van der Waals surface area contributed by atoms with E-state index in [4.69, 9.17) is 4.98 Å². The first-order valence-electron chi connectivity index (χ1n) is 11.0. The predicted molar refractivity (Wildman–Crippen MR) is 124 cm³/mol. The van der Waals surface area contributed by atoms with E-state index in [0.29, 0.717) is 0 Å². The maximum Gasteiger partial charge on any atom is 0.225 e. The van der Waals surface area contributed by atoms with E-state index in [-0.39, 0.29) is 17.9 Å². The molecular formula is C25H26N6O. The highest BCUT2D eigenvalue weighted by Gasteiger charge is 2.29. The predicted octanol–water partition coefficient (Wildman–Crippen LogP) is 3.49. The minimum atomic E-state index is -0.309. The molecule has 2 aromatic heterocycles. The Balaban J connectivity index is 1.36. The number of benzene rings is 2. The highest BCUT2D eigenvalue weighted by molar-refractivity contribution is 5.80. The van der Waals surface area contributed by atoms with Gasteiger partial charge in [0, 0.05) is 38.4 Å². The number of fused-ring (bicyclic) bond motifs is 1. The van der Waals surface area contributed by atoms with Gasteiger partial charge in [0.2, 0.25) is 11.9 Å². The third kappa shape index (κ3) is 3.93. The molecule has 0 bridgehead atoms. The van der Waals surface area contributed by atoms with Gasteiger partial charge in [0.15, 0.2) is 0 Å². The number of amides is 1. The minimum absolute atomic E-state index is 0.0455. The Hall–Kier alpha value is -3.74. The third-order valence-corrected chi connectivity index (χ3v) is 6.20. The van der Waals surface area contributed by atoms with Crippen molar-refractivity contribution in [2.24, 2.45) is 13.0 Å². The van der Waals surface area contributed by atoms with Crippen LogP contribution in [0.4, 0.5) is 5.95 Å². The second kappa shape index (κ2) is 8.78. The molecule has 1 N–H and O–H groups in total. The molecule has 1 fully saturated rings. The van der Waals surface area contributed by atoms with E-state index in [1.165, 1.54) is 0 Å². The summed E-state index contributed by atoms with van der Waals surface area (Å²) in [6, 6.07) is 19.6. The molecule has 1 saturated heterocycles. The van der Waals surface area contributed by atoms with Gasteiger partial charge in [-0.2, -0.15) is 0 Å². The SMILES string of the molecule is Cn1c(C(NC(=O)C2CCN(c3ncccn3)CC2)c2ccccc2)nc2ccccc21. The summed E-state index contributed by atoms with van der Waals surface area (Å²) in [6.45, 7) is 1.54. The normalized spacial score (nSPS) is 15.6. The van der Waals surface area contributed by atoms with Crippen LogP contribution in [0.2, 0.25) is 0 Å². The lowest BCUT2D eigenvalue weighted by atomic mass is 9.95. The summed E-state index contributed by atoms with van der Waals surface area (Å²) >= 11 is 0. The Bertz CT molecular complexity index is 1200. The first-order valence-corrected chi connectivity index (χ1v) is 11.0. The van der Waals surface area contributed by atoms with Gasteiger partial charge in [0.25, 0.3) is 0 Å². The number of carbonyl (C=O) groups is 1. The number of aryl methyl sites for hydroxylation is 1. The molecule has 32 heavy (non-hydrogen) atoms. The molecule has 4 aromatic rings. The number of imidazole rings is 1. The van der Waals surface area contributed by atoms with E-state index in [2.05, 4.69) is 30.8 Å². The summed E-state index contributed by atoms with van der Waals surface area (Å²) in [4.78, 5) is 29.0. The number of hydrogen-bond donors (Lipinski definition) is 1. The highest BCUT2D eigenvalue weighted by atomic mass is 16.2. The smallest absolute Gasteiger partial charge is 0.225 e. The Kier molecular flexibility index (Phi) is 5.54. The molecule has 1 amide bonds. The summed E-state index contributed by atoms with van der Waals surface area (Å²) in [5.41, 5.74) is 3.00. The van der Waals surface area contributed by atoms with Crippen molar-refractivity contribution in [3.05, 3.63) is 84.4 Å². The molecule has 7 heteroatoms. The number of anilines is 1. The lowest BCUT2D eigenvalue weighted by Crippen LogP contribution is -2.42. The molecule has 3 heterocycles. The number of hydrogen-bond acceptors (Lipinski definition) is 5. The monoisotopic (exact) mass is 426 g/mol. The molecule has 0 spiro atoms. The largest absolute Gasteiger partial charge is 0.342 e. The van der Waals surface area contributed by atoms with E-state index < -0.39 is 0 Å². The van der Waals surface area contributed by atoms with Crippen LogP contribution in [-0.4, -0.2) is 38.5 Å². The van der Waals surface area contributed by atoms with E-state index in [9.17, 15) is 4.79 Å². The van der Waals surface area contributed by atoms with Crippen LogP contribution in [0.15, 0.2) is 73.1 Å². The van der Waals surface area contributed by atoms with Gasteiger partial charge in [-0.05, 0) is 36.6 Å². The third-order valence-electron chi connectivity index (χ3n) is 6.20. The average Bonchev–Trinajstić information content (AvgIpc) is 3.20. The van der Waals surface area contributed by atoms with Crippen LogP contribution in [0.5, 0.6) is 0 Å². The van der Waals surface area contributed by atoms with Crippen molar-refractivity contribution in [1.29, 1.82) is 0 Å². The molecule has 162 valence electrons. The second-order valence-corrected chi connectivity index (χ2v) is 8.18. The van der Waals surface area contributed by atoms with E-state index >= 15 is 0 Å². The van der Waals surface area contributed by atoms with Crippen molar-refractivity contribution in [1.82, 2.24) is 24.8 Å². The highest BCUT2D eigenvalue weighted by Crippen LogP contribution is 2.27. The lowest BCUT2D eigenvalue weighted by Gasteiger charge is -2.32. The van der Waals surface area contributed by atoms with Crippen molar-refractivity contribution in [3.63, 3.8) is 0 Å². The van der Waals surface area contributed by atoms with Crippen LogP contribution in [0.1, 0.15) is 30.3 Å². The van der Waals surface area contributed by atoms with Gasteiger partial charge in [0.05, 0.1) is 11.0 Å². The van der Waals surface area contributed by atoms with Gasteiger partial charge in [-0.15, -0.1) is 0 Å². The summed E-state index contributed by atoms with van der Waals surface area (Å²) in [5, 5.41) is 3.30. The molecule has 5 rings (SSSR count). The lowest BCUT2D eigenvalue weighted by molar-refractivity contribution is -0.126. The van der Waals surface area contributed by atoms with Crippen LogP contribution in [0.3, 0.4) is 0 Å². The van der Waals surface area contributed by atoms with Gasteiger partial charge in [0.1, 0.15) is 11.9 Å². The van der Waals surface area contributed by atoms with Crippen molar-refractivity contribution >= 4 is 22.9 Å². The average molecular weight is 427 g/mol. The molecule has 1 unspecified atom stereocenters. The van der Waals surface area contributed by atoms with Crippen LogP contribution < -0.4 is 10.2 Å². The number of piperidine rings is 1. The molecule has 1 atom stereocenters. The summed E-state index contributed by atoms with van der Waals surface area (Å²) < 4.78 is 2.07. The Morgan fingerprint density at radius 2 is 1.66 bits per heavy atom. The topological polar surface area (TPSA) is 75.9 Å². The Morgan fingerprint density at radius 3 is 2.38 bits per heavy atom. The first kappa shape index (κ1) is 20.2. The fourth-order valence-corrected chi connectivity index (χ4v) is 4.42. The zero-order valence-electron chi connectivity index (χ0n) is 18.1. The van der Waals surface area contributed by atoms with Gasteiger partial charge in [-0.25, -0.2) is 15.0 Å². The van der Waals surface area contributed by atoms with Crippen LogP contribution in [0, 0.1) is 5.92 Å². The summed E-state index contributed by atoms with van der Waals surface area (Å²) in [7, 11) is 2.01. The fraction of sp³-hybridized carbons (Fsp3) is 0.280. The van der Waals surface area contributed by atoms with Gasteiger partial charge < -0.3 is 14.8 Å². The molecule has 1 aliphatic heterocycles. The van der Waals surface area contributed by atoms with Crippen molar-refractivity contribution in [2.75, 3.05) is 18.0 Å². The molecule has 2 aromatic carbocycles. The fourth-order valence-electron chi connectivity index (χ4n) is 4.42.